The largest absolute Gasteiger partial charge is 0.192 e. The molecule has 0 aromatic heterocycles. The van der Waals surface area contributed by atoms with Gasteiger partial charge in [-0.05, 0) is 123 Å². The fraction of sp³-hybridized carbons (Fsp3) is 0.0930. The van der Waals surface area contributed by atoms with Crippen LogP contribution in [0.15, 0.2) is 122 Å². The number of hydrogen-bond donors (Lipinski definition) is 0. The van der Waals surface area contributed by atoms with Gasteiger partial charge >= 0.3 is 0 Å². The van der Waals surface area contributed by atoms with Crippen LogP contribution in [0.2, 0.25) is 0 Å². The third kappa shape index (κ3) is 6.31. The van der Waals surface area contributed by atoms with Crippen molar-refractivity contribution >= 4 is 24.3 Å². The van der Waals surface area contributed by atoms with E-state index < -0.39 is 0 Å². The highest BCUT2D eigenvalue weighted by atomic mass is 14.2. The zero-order chi connectivity index (χ0) is 31.2. The second-order valence-corrected chi connectivity index (χ2v) is 11.3. The molecule has 5 aromatic rings. The molecule has 1 nitrogen and oxygen atoms in total. The van der Waals surface area contributed by atoms with Crippen molar-refractivity contribution in [1.29, 1.82) is 5.26 Å². The van der Waals surface area contributed by atoms with Gasteiger partial charge in [-0.1, -0.05) is 122 Å². The molecule has 0 atom stereocenters. The second kappa shape index (κ2) is 13.2. The Labute approximate surface area is 261 Å². The summed E-state index contributed by atoms with van der Waals surface area (Å²) in [6, 6.07) is 36.2. The molecule has 0 radical (unpaired) electrons. The Morgan fingerprint density at radius 1 is 0.750 bits per heavy atom. The lowest BCUT2D eigenvalue weighted by atomic mass is 9.87. The predicted molar refractivity (Wildman–Crippen MR) is 190 cm³/mol. The van der Waals surface area contributed by atoms with Gasteiger partial charge in [-0.3, -0.25) is 0 Å². The molecule has 0 aliphatic carbocycles. The first-order valence-corrected chi connectivity index (χ1v) is 14.9. The molecule has 1 heteroatoms. The van der Waals surface area contributed by atoms with Crippen molar-refractivity contribution in [2.24, 2.45) is 0 Å². The standard InChI is InChI=1S/C43H37N/c1-7-8-13-35-20-21-36(33(6)32(35)5)18-16-29(2)39-19-17-30(3)42(27-39)43-31(4)11-9-15-41(43)38-24-22-37(23-25-38)40-14-10-12-34(26-40)28-44/h7-27H,1,6H2,2-5H3/b13-8-,29-16+,36-18-. The Hall–Kier alpha value is -5.45. The summed E-state index contributed by atoms with van der Waals surface area (Å²) in [4.78, 5) is 0. The highest BCUT2D eigenvalue weighted by molar-refractivity contribution is 5.89. The van der Waals surface area contributed by atoms with Crippen molar-refractivity contribution in [1.82, 2.24) is 0 Å². The Balaban J connectivity index is 1.53. The summed E-state index contributed by atoms with van der Waals surface area (Å²) in [5.41, 5.74) is 14.9. The summed E-state index contributed by atoms with van der Waals surface area (Å²) < 4.78 is 0. The fourth-order valence-corrected chi connectivity index (χ4v) is 5.63. The van der Waals surface area contributed by atoms with Gasteiger partial charge in [0.1, 0.15) is 0 Å². The van der Waals surface area contributed by atoms with Gasteiger partial charge in [-0.15, -0.1) is 0 Å². The van der Waals surface area contributed by atoms with Crippen LogP contribution in [-0.2, 0) is 0 Å². The van der Waals surface area contributed by atoms with Crippen molar-refractivity contribution in [2.75, 3.05) is 0 Å². The summed E-state index contributed by atoms with van der Waals surface area (Å²) >= 11 is 0. The highest BCUT2D eigenvalue weighted by Gasteiger charge is 2.14. The van der Waals surface area contributed by atoms with Crippen LogP contribution in [0.5, 0.6) is 0 Å². The van der Waals surface area contributed by atoms with E-state index in [0.717, 1.165) is 27.1 Å². The van der Waals surface area contributed by atoms with E-state index in [1.165, 1.54) is 50.1 Å². The molecule has 0 aliphatic heterocycles. The zero-order valence-corrected chi connectivity index (χ0v) is 26.0. The van der Waals surface area contributed by atoms with Crippen LogP contribution >= 0.6 is 0 Å². The van der Waals surface area contributed by atoms with Gasteiger partial charge in [0.2, 0.25) is 0 Å². The van der Waals surface area contributed by atoms with Crippen LogP contribution in [0.3, 0.4) is 0 Å². The third-order valence-electron chi connectivity index (χ3n) is 8.36. The molecule has 0 heterocycles. The van der Waals surface area contributed by atoms with Crippen LogP contribution in [-0.4, -0.2) is 0 Å². The molecule has 0 spiro atoms. The number of allylic oxidation sites excluding steroid dienone is 4. The Morgan fingerprint density at radius 3 is 2.25 bits per heavy atom. The third-order valence-corrected chi connectivity index (χ3v) is 8.36. The zero-order valence-electron chi connectivity index (χ0n) is 26.0. The maximum atomic E-state index is 9.32. The van der Waals surface area contributed by atoms with E-state index in [9.17, 15) is 5.26 Å². The van der Waals surface area contributed by atoms with E-state index in [1.807, 2.05) is 30.3 Å². The van der Waals surface area contributed by atoms with Crippen molar-refractivity contribution in [2.45, 2.75) is 27.7 Å². The maximum Gasteiger partial charge on any atom is 0.0991 e. The number of nitrogens with zero attached hydrogens (tertiary/aromatic N) is 1. The van der Waals surface area contributed by atoms with Gasteiger partial charge in [0, 0.05) is 0 Å². The molecular formula is C43H37N. The van der Waals surface area contributed by atoms with E-state index in [4.69, 9.17) is 0 Å². The molecule has 44 heavy (non-hydrogen) atoms. The van der Waals surface area contributed by atoms with Crippen molar-refractivity contribution < 1.29 is 0 Å². The van der Waals surface area contributed by atoms with Gasteiger partial charge < -0.3 is 0 Å². The van der Waals surface area contributed by atoms with Crippen LogP contribution in [0.25, 0.3) is 57.7 Å². The van der Waals surface area contributed by atoms with Gasteiger partial charge in [0.05, 0.1) is 11.6 Å². The summed E-state index contributed by atoms with van der Waals surface area (Å²) in [7, 11) is 0. The monoisotopic (exact) mass is 567 g/mol. The number of rotatable bonds is 7. The summed E-state index contributed by atoms with van der Waals surface area (Å²) in [6.07, 6.45) is 10.2. The summed E-state index contributed by atoms with van der Waals surface area (Å²) in [5.74, 6) is 0. The molecule has 0 saturated heterocycles. The van der Waals surface area contributed by atoms with Crippen LogP contribution in [0.1, 0.15) is 40.3 Å². The molecule has 214 valence electrons. The van der Waals surface area contributed by atoms with E-state index >= 15 is 0 Å². The molecule has 0 bridgehead atoms. The smallest absolute Gasteiger partial charge is 0.0991 e. The van der Waals surface area contributed by atoms with E-state index in [2.05, 4.69) is 138 Å². The quantitative estimate of drug-likeness (QED) is 0.180. The molecule has 0 saturated carbocycles. The molecule has 0 aliphatic rings. The lowest BCUT2D eigenvalue weighted by molar-refractivity contribution is 1.36. The Kier molecular flexibility index (Phi) is 9.03. The van der Waals surface area contributed by atoms with Gasteiger partial charge in [0.25, 0.3) is 0 Å². The number of hydrogen-bond acceptors (Lipinski definition) is 1. The minimum atomic E-state index is 0.668. The lowest BCUT2D eigenvalue weighted by Crippen LogP contribution is -2.26. The average Bonchev–Trinajstić information content (AvgIpc) is 3.05. The molecule has 5 rings (SSSR count). The van der Waals surface area contributed by atoms with Gasteiger partial charge in [-0.2, -0.15) is 5.26 Å². The summed E-state index contributed by atoms with van der Waals surface area (Å²) in [5, 5.41) is 11.5. The van der Waals surface area contributed by atoms with Gasteiger partial charge in [0.15, 0.2) is 0 Å². The van der Waals surface area contributed by atoms with E-state index in [1.54, 1.807) is 6.08 Å². The molecule has 5 aromatic carbocycles. The number of aryl methyl sites for hydroxylation is 2. The van der Waals surface area contributed by atoms with E-state index in [-0.39, 0.29) is 0 Å². The predicted octanol–water partition coefficient (Wildman–Crippen LogP) is 9.98. The fourth-order valence-electron chi connectivity index (χ4n) is 5.63. The second-order valence-electron chi connectivity index (χ2n) is 11.3. The van der Waals surface area contributed by atoms with Crippen molar-refractivity contribution in [3.05, 3.63) is 166 Å². The normalized spacial score (nSPS) is 12.0. The van der Waals surface area contributed by atoms with Crippen LogP contribution < -0.4 is 10.4 Å². The van der Waals surface area contributed by atoms with Crippen molar-refractivity contribution in [3.63, 3.8) is 0 Å². The first-order valence-electron chi connectivity index (χ1n) is 14.9. The van der Waals surface area contributed by atoms with Crippen LogP contribution in [0.4, 0.5) is 0 Å². The lowest BCUT2D eigenvalue weighted by Gasteiger charge is -2.17. The topological polar surface area (TPSA) is 23.8 Å². The molecular weight excluding hydrogens is 530 g/mol. The first-order chi connectivity index (χ1) is 21.3. The van der Waals surface area contributed by atoms with E-state index in [0.29, 0.717) is 5.56 Å². The average molecular weight is 568 g/mol. The number of benzene rings is 5. The number of nitriles is 1. The van der Waals surface area contributed by atoms with Gasteiger partial charge in [-0.25, -0.2) is 0 Å². The SMILES string of the molecule is C=C/C=C\c1cc/c(=C/C=C(\C)c2ccc(C)c(-c3c(C)cccc3-c3ccc(-c4cccc(C#N)c4)cc3)c2)c(=C)c1C. The Bertz CT molecular complexity index is 2080. The molecule has 0 fully saturated rings. The van der Waals surface area contributed by atoms with Crippen molar-refractivity contribution in [3.8, 4) is 39.4 Å². The maximum absolute atomic E-state index is 9.32. The summed E-state index contributed by atoms with van der Waals surface area (Å²) in [6.45, 7) is 16.8. The molecule has 0 unspecified atom stereocenters. The highest BCUT2D eigenvalue weighted by Crippen LogP contribution is 2.38. The minimum Gasteiger partial charge on any atom is -0.192 e. The minimum absolute atomic E-state index is 0.668. The van der Waals surface area contributed by atoms with Crippen LogP contribution in [0, 0.1) is 32.1 Å². The Morgan fingerprint density at radius 2 is 1.50 bits per heavy atom. The molecule has 0 N–H and O–H groups in total. The molecule has 0 amide bonds. The first kappa shape index (κ1) is 30.0.